The molecular weight excluding hydrogens is 284 g/mol. The fourth-order valence-electron chi connectivity index (χ4n) is 3.56. The maximum atomic E-state index is 12.7. The van der Waals surface area contributed by atoms with Gasteiger partial charge in [0.15, 0.2) is 0 Å². The molecule has 4 heteroatoms. The Labute approximate surface area is 130 Å². The summed E-state index contributed by atoms with van der Waals surface area (Å²) < 4.78 is 0. The average Bonchev–Trinajstić information content (AvgIpc) is 3.38. The van der Waals surface area contributed by atoms with Crippen LogP contribution in [0, 0.1) is 0 Å². The minimum absolute atomic E-state index is 0.201. The van der Waals surface area contributed by atoms with Gasteiger partial charge in [0, 0.05) is 30.2 Å². The highest BCUT2D eigenvalue weighted by Crippen LogP contribution is 2.49. The van der Waals surface area contributed by atoms with Gasteiger partial charge < -0.3 is 5.32 Å². The van der Waals surface area contributed by atoms with Crippen LogP contribution in [0.3, 0.4) is 0 Å². The Bertz CT molecular complexity index is 566. The van der Waals surface area contributed by atoms with E-state index in [-0.39, 0.29) is 11.3 Å². The highest BCUT2D eigenvalue weighted by Gasteiger charge is 2.52. The number of nitrogens with one attached hydrogen (secondary N) is 1. The number of amides is 1. The van der Waals surface area contributed by atoms with Crippen molar-refractivity contribution < 1.29 is 4.79 Å². The van der Waals surface area contributed by atoms with Crippen molar-refractivity contribution in [2.24, 2.45) is 0 Å². The van der Waals surface area contributed by atoms with E-state index in [2.05, 4.69) is 10.2 Å². The molecule has 0 bridgehead atoms. The fourth-order valence-corrected chi connectivity index (χ4v) is 3.75. The van der Waals surface area contributed by atoms with Crippen molar-refractivity contribution >= 4 is 17.5 Å². The normalized spacial score (nSPS) is 27.6. The molecule has 1 atom stereocenters. The predicted octanol–water partition coefficient (Wildman–Crippen LogP) is 2.72. The molecule has 1 heterocycles. The molecule has 3 nitrogen and oxygen atoms in total. The Morgan fingerprint density at radius 2 is 2.10 bits per heavy atom. The Morgan fingerprint density at radius 3 is 2.76 bits per heavy atom. The molecule has 0 aromatic heterocycles. The molecule has 1 aromatic rings. The van der Waals surface area contributed by atoms with Gasteiger partial charge in [0.1, 0.15) is 0 Å². The van der Waals surface area contributed by atoms with E-state index in [9.17, 15) is 4.79 Å². The molecule has 1 saturated heterocycles. The van der Waals surface area contributed by atoms with Gasteiger partial charge in [0.25, 0.3) is 0 Å². The van der Waals surface area contributed by atoms with Gasteiger partial charge in [-0.05, 0) is 49.8 Å². The van der Waals surface area contributed by atoms with Gasteiger partial charge >= 0.3 is 0 Å². The zero-order valence-electron chi connectivity index (χ0n) is 12.1. The van der Waals surface area contributed by atoms with E-state index in [1.807, 2.05) is 24.3 Å². The molecular formula is C17H21ClN2O. The van der Waals surface area contributed by atoms with Crippen LogP contribution < -0.4 is 5.32 Å². The quantitative estimate of drug-likeness (QED) is 0.927. The van der Waals surface area contributed by atoms with Crippen LogP contribution in [0.25, 0.3) is 0 Å². The molecule has 3 aliphatic rings. The third-order valence-electron chi connectivity index (χ3n) is 5.18. The zero-order chi connectivity index (χ0) is 14.4. The summed E-state index contributed by atoms with van der Waals surface area (Å²) >= 11 is 6.08. The minimum Gasteiger partial charge on any atom is -0.351 e. The smallest absolute Gasteiger partial charge is 0.230 e. The number of likely N-dealkylation sites (tertiary alicyclic amines) is 1. The maximum absolute atomic E-state index is 12.7. The van der Waals surface area contributed by atoms with Crippen LogP contribution in [-0.2, 0) is 10.2 Å². The van der Waals surface area contributed by atoms with E-state index in [1.165, 1.54) is 12.8 Å². The lowest BCUT2D eigenvalue weighted by Crippen LogP contribution is -2.43. The zero-order valence-corrected chi connectivity index (χ0v) is 12.9. The molecule has 2 aliphatic carbocycles. The van der Waals surface area contributed by atoms with E-state index < -0.39 is 0 Å². The minimum atomic E-state index is -0.308. The van der Waals surface area contributed by atoms with Crippen LogP contribution >= 0.6 is 11.6 Å². The molecule has 0 spiro atoms. The Morgan fingerprint density at radius 1 is 1.29 bits per heavy atom. The number of hydrogen-bond donors (Lipinski definition) is 1. The molecule has 1 aromatic carbocycles. The summed E-state index contributed by atoms with van der Waals surface area (Å²) in [7, 11) is 0. The van der Waals surface area contributed by atoms with E-state index in [1.54, 1.807) is 0 Å². The second-order valence-corrected chi connectivity index (χ2v) is 7.21. The van der Waals surface area contributed by atoms with E-state index >= 15 is 0 Å². The number of halogens is 1. The first-order valence-electron chi connectivity index (χ1n) is 7.98. The van der Waals surface area contributed by atoms with Crippen molar-refractivity contribution in [2.45, 2.75) is 49.6 Å². The summed E-state index contributed by atoms with van der Waals surface area (Å²) in [5, 5.41) is 4.00. The van der Waals surface area contributed by atoms with Crippen molar-refractivity contribution in [2.75, 3.05) is 13.1 Å². The first-order valence-corrected chi connectivity index (χ1v) is 8.36. The Balaban J connectivity index is 1.43. The van der Waals surface area contributed by atoms with E-state index in [0.717, 1.165) is 44.0 Å². The molecule has 1 N–H and O–H groups in total. The van der Waals surface area contributed by atoms with E-state index in [0.29, 0.717) is 11.1 Å². The molecule has 1 aliphatic heterocycles. The van der Waals surface area contributed by atoms with Crippen LogP contribution in [-0.4, -0.2) is 36.0 Å². The van der Waals surface area contributed by atoms with Crippen LogP contribution in [0.1, 0.15) is 37.7 Å². The summed E-state index contributed by atoms with van der Waals surface area (Å²) in [5.74, 6) is 0.201. The van der Waals surface area contributed by atoms with Crippen molar-refractivity contribution in [1.29, 1.82) is 0 Å². The molecule has 4 rings (SSSR count). The van der Waals surface area contributed by atoms with Gasteiger partial charge in [-0.2, -0.15) is 0 Å². The second kappa shape index (κ2) is 4.99. The van der Waals surface area contributed by atoms with Gasteiger partial charge in [-0.25, -0.2) is 0 Å². The van der Waals surface area contributed by atoms with Crippen LogP contribution in [0.15, 0.2) is 24.3 Å². The van der Waals surface area contributed by atoms with Crippen LogP contribution in [0.5, 0.6) is 0 Å². The van der Waals surface area contributed by atoms with Crippen molar-refractivity contribution in [1.82, 2.24) is 10.2 Å². The van der Waals surface area contributed by atoms with Crippen LogP contribution in [0.2, 0.25) is 5.02 Å². The van der Waals surface area contributed by atoms with Gasteiger partial charge in [0.05, 0.1) is 5.41 Å². The Kier molecular flexibility index (Phi) is 3.23. The molecule has 112 valence electrons. The third-order valence-corrected chi connectivity index (χ3v) is 5.42. The maximum Gasteiger partial charge on any atom is 0.230 e. The van der Waals surface area contributed by atoms with Gasteiger partial charge in [-0.3, -0.25) is 9.69 Å². The standard InChI is InChI=1S/C17H21ClN2O/c18-13-3-1-2-12(10-13)17(7-8-17)16(21)19-14-6-9-20(11-14)15-4-5-15/h1-3,10,14-15H,4-9,11H2,(H,19,21)/t14-/m1/s1. The van der Waals surface area contributed by atoms with Gasteiger partial charge in [0.2, 0.25) is 5.91 Å². The lowest BCUT2D eigenvalue weighted by molar-refractivity contribution is -0.124. The largest absolute Gasteiger partial charge is 0.351 e. The topological polar surface area (TPSA) is 32.3 Å². The third kappa shape index (κ3) is 2.58. The molecule has 0 unspecified atom stereocenters. The number of hydrogen-bond acceptors (Lipinski definition) is 2. The summed E-state index contributed by atoms with van der Waals surface area (Å²) in [6.07, 6.45) is 5.66. The predicted molar refractivity (Wildman–Crippen MR) is 83.5 cm³/mol. The van der Waals surface area contributed by atoms with Gasteiger partial charge in [-0.1, -0.05) is 23.7 Å². The number of nitrogens with zero attached hydrogens (tertiary/aromatic N) is 1. The molecule has 2 saturated carbocycles. The summed E-state index contributed by atoms with van der Waals surface area (Å²) in [6, 6.07) is 8.91. The fraction of sp³-hybridized carbons (Fsp3) is 0.588. The Hall–Kier alpha value is -1.06. The summed E-state index contributed by atoms with van der Waals surface area (Å²) in [5.41, 5.74) is 0.766. The number of rotatable bonds is 4. The van der Waals surface area contributed by atoms with E-state index in [4.69, 9.17) is 11.6 Å². The van der Waals surface area contributed by atoms with Crippen LogP contribution in [0.4, 0.5) is 0 Å². The molecule has 0 radical (unpaired) electrons. The van der Waals surface area contributed by atoms with Crippen molar-refractivity contribution in [3.05, 3.63) is 34.9 Å². The van der Waals surface area contributed by atoms with Crippen molar-refractivity contribution in [3.63, 3.8) is 0 Å². The van der Waals surface area contributed by atoms with Gasteiger partial charge in [-0.15, -0.1) is 0 Å². The first kappa shape index (κ1) is 13.6. The number of benzene rings is 1. The highest BCUT2D eigenvalue weighted by molar-refractivity contribution is 6.30. The number of carbonyl (C=O) groups is 1. The number of carbonyl (C=O) groups excluding carboxylic acids is 1. The monoisotopic (exact) mass is 304 g/mol. The molecule has 21 heavy (non-hydrogen) atoms. The first-order chi connectivity index (χ1) is 10.2. The SMILES string of the molecule is O=C(N[C@@H]1CCN(C2CC2)C1)C1(c2cccc(Cl)c2)CC1. The molecule has 3 fully saturated rings. The van der Waals surface area contributed by atoms with Crippen molar-refractivity contribution in [3.8, 4) is 0 Å². The summed E-state index contributed by atoms with van der Waals surface area (Å²) in [4.78, 5) is 15.2. The average molecular weight is 305 g/mol. The molecule has 1 amide bonds. The lowest BCUT2D eigenvalue weighted by atomic mass is 9.94. The summed E-state index contributed by atoms with van der Waals surface area (Å²) in [6.45, 7) is 2.17. The lowest BCUT2D eigenvalue weighted by Gasteiger charge is -2.20. The second-order valence-electron chi connectivity index (χ2n) is 6.78. The highest BCUT2D eigenvalue weighted by atomic mass is 35.5.